The number of hydrogen-bond donors (Lipinski definition) is 1. The normalized spacial score (nSPS) is 16.4. The maximum Gasteiger partial charge on any atom is 0.307 e. The van der Waals surface area contributed by atoms with E-state index in [1.54, 1.807) is 19.1 Å². The lowest BCUT2D eigenvalue weighted by atomic mass is 10.1. The Balaban J connectivity index is 1.80. The Hall–Kier alpha value is -2.64. The van der Waals surface area contributed by atoms with Crippen molar-refractivity contribution >= 4 is 21.5 Å². The first-order valence-electron chi connectivity index (χ1n) is 9.54. The molecule has 29 heavy (non-hydrogen) atoms. The van der Waals surface area contributed by atoms with E-state index in [9.17, 15) is 13.2 Å². The molecule has 0 bridgehead atoms. The van der Waals surface area contributed by atoms with Gasteiger partial charge in [0.2, 0.25) is 0 Å². The molecule has 0 amide bonds. The predicted octanol–water partition coefficient (Wildman–Crippen LogP) is 2.73. The highest BCUT2D eigenvalue weighted by Crippen LogP contribution is 2.25. The zero-order chi connectivity index (χ0) is 21.0. The zero-order valence-corrected chi connectivity index (χ0v) is 17.3. The van der Waals surface area contributed by atoms with Gasteiger partial charge in [0.25, 0.3) is 0 Å². The minimum Gasteiger partial charge on any atom is -0.481 e. The van der Waals surface area contributed by atoms with Crippen molar-refractivity contribution in [2.45, 2.75) is 23.6 Å². The van der Waals surface area contributed by atoms with Gasteiger partial charge in [-0.3, -0.25) is 9.69 Å². The molecule has 7 heteroatoms. The highest BCUT2D eigenvalue weighted by Gasteiger charge is 2.33. The molecule has 6 nitrogen and oxygen atoms in total. The summed E-state index contributed by atoms with van der Waals surface area (Å²) in [5.41, 5.74) is 2.33. The van der Waals surface area contributed by atoms with Crippen molar-refractivity contribution in [3.05, 3.63) is 72.3 Å². The van der Waals surface area contributed by atoms with Crippen LogP contribution >= 0.6 is 0 Å². The monoisotopic (exact) mass is 414 g/mol. The average Bonchev–Trinajstić information content (AvgIpc) is 2.68. The maximum atomic E-state index is 13.3. The fourth-order valence-corrected chi connectivity index (χ4v) is 5.55. The number of nitrogens with zero attached hydrogens (tertiary/aromatic N) is 2. The number of benzene rings is 2. The third kappa shape index (κ3) is 4.86. The fraction of sp³-hybridized carbons (Fsp3) is 0.318. The van der Waals surface area contributed by atoms with Crippen molar-refractivity contribution in [3.8, 4) is 0 Å². The van der Waals surface area contributed by atoms with Crippen LogP contribution in [-0.4, -0.2) is 55.9 Å². The number of para-hydroxylation sites is 1. The van der Waals surface area contributed by atoms with Gasteiger partial charge in [0.1, 0.15) is 5.37 Å². The maximum absolute atomic E-state index is 13.3. The number of hydrogen-bond acceptors (Lipinski definition) is 5. The number of anilines is 1. The smallest absolute Gasteiger partial charge is 0.307 e. The number of aryl methyl sites for hydroxylation is 1. The minimum absolute atomic E-state index is 0.143. The third-order valence-corrected chi connectivity index (χ3v) is 7.13. The summed E-state index contributed by atoms with van der Waals surface area (Å²) in [4.78, 5) is 15.3. The number of sulfone groups is 1. The van der Waals surface area contributed by atoms with E-state index >= 15 is 0 Å². The first-order chi connectivity index (χ1) is 13.8. The van der Waals surface area contributed by atoms with E-state index in [0.717, 1.165) is 24.3 Å². The van der Waals surface area contributed by atoms with E-state index < -0.39 is 21.2 Å². The lowest BCUT2D eigenvalue weighted by Crippen LogP contribution is -2.52. The van der Waals surface area contributed by atoms with Crippen LogP contribution in [0, 0.1) is 6.92 Å². The van der Waals surface area contributed by atoms with Crippen molar-refractivity contribution < 1.29 is 18.3 Å². The number of carbonyl (C=O) groups is 1. The summed E-state index contributed by atoms with van der Waals surface area (Å²) < 4.78 is 26.7. The molecule has 1 fully saturated rings. The lowest BCUT2D eigenvalue weighted by Gasteiger charge is -2.39. The number of piperazine rings is 1. The van der Waals surface area contributed by atoms with E-state index in [1.807, 2.05) is 35.2 Å². The molecule has 1 aliphatic heterocycles. The highest BCUT2D eigenvalue weighted by atomic mass is 32.2. The Morgan fingerprint density at radius 2 is 1.79 bits per heavy atom. The molecule has 154 valence electrons. The summed E-state index contributed by atoms with van der Waals surface area (Å²) in [5.74, 6) is -0.990. The fourth-order valence-electron chi connectivity index (χ4n) is 3.75. The van der Waals surface area contributed by atoms with Gasteiger partial charge in [0.15, 0.2) is 9.84 Å². The molecule has 0 aromatic heterocycles. The molecule has 1 unspecified atom stereocenters. The molecule has 1 aliphatic rings. The van der Waals surface area contributed by atoms with E-state index in [4.69, 9.17) is 5.11 Å². The van der Waals surface area contributed by atoms with Crippen LogP contribution in [-0.2, 0) is 21.1 Å². The summed E-state index contributed by atoms with van der Waals surface area (Å²) in [5, 5.41) is 8.20. The van der Waals surface area contributed by atoms with E-state index in [2.05, 4.69) is 11.5 Å². The topological polar surface area (TPSA) is 77.9 Å². The summed E-state index contributed by atoms with van der Waals surface area (Å²) in [6.07, 6.45) is 1.26. The van der Waals surface area contributed by atoms with Crippen LogP contribution in [0.25, 0.3) is 0 Å². The van der Waals surface area contributed by atoms with Gasteiger partial charge in [0.05, 0.1) is 11.3 Å². The van der Waals surface area contributed by atoms with Crippen molar-refractivity contribution in [2.75, 3.05) is 31.1 Å². The van der Waals surface area contributed by atoms with Gasteiger partial charge in [-0.2, -0.15) is 0 Å². The van der Waals surface area contributed by atoms with Crippen molar-refractivity contribution in [1.82, 2.24) is 4.90 Å². The van der Waals surface area contributed by atoms with Gasteiger partial charge in [-0.15, -0.1) is 6.58 Å². The van der Waals surface area contributed by atoms with Crippen molar-refractivity contribution in [1.29, 1.82) is 0 Å². The Bertz CT molecular complexity index is 981. The minimum atomic E-state index is -3.72. The zero-order valence-electron chi connectivity index (χ0n) is 16.5. The standard InChI is InChI=1S/C22H26N2O4S/c1-3-21(24-11-9-23(10-12-24)19-7-5-4-6-8-19)29(27,28)20-14-17(2)13-18(15-20)16-22(25)26/h3-8,13-15,21H,1,9-12,16H2,2H3,(H,25,26). The van der Waals surface area contributed by atoms with Gasteiger partial charge in [0, 0.05) is 31.9 Å². The molecule has 0 saturated carbocycles. The van der Waals surface area contributed by atoms with Gasteiger partial charge in [-0.05, 0) is 42.3 Å². The third-order valence-electron chi connectivity index (χ3n) is 5.11. The van der Waals surface area contributed by atoms with Crippen LogP contribution in [0.5, 0.6) is 0 Å². The molecule has 1 atom stereocenters. The second-order valence-electron chi connectivity index (χ2n) is 7.25. The Labute approximate surface area is 172 Å². The average molecular weight is 415 g/mol. The SMILES string of the molecule is C=CC(N1CCN(c2ccccc2)CC1)S(=O)(=O)c1cc(C)cc(CC(=O)O)c1. The number of carboxylic acid groups (broad SMARTS) is 1. The largest absolute Gasteiger partial charge is 0.481 e. The Kier molecular flexibility index (Phi) is 6.39. The molecule has 2 aromatic carbocycles. The highest BCUT2D eigenvalue weighted by molar-refractivity contribution is 7.92. The summed E-state index contributed by atoms with van der Waals surface area (Å²) in [6.45, 7) is 8.18. The van der Waals surface area contributed by atoms with Crippen LogP contribution in [0.2, 0.25) is 0 Å². The first-order valence-corrected chi connectivity index (χ1v) is 11.1. The molecular weight excluding hydrogens is 388 g/mol. The van der Waals surface area contributed by atoms with Crippen LogP contribution < -0.4 is 4.90 Å². The molecule has 0 spiro atoms. The number of carboxylic acids is 1. The summed E-state index contributed by atoms with van der Waals surface area (Å²) >= 11 is 0. The summed E-state index contributed by atoms with van der Waals surface area (Å²) in [7, 11) is -3.72. The molecule has 1 N–H and O–H groups in total. The molecule has 1 heterocycles. The molecule has 2 aromatic rings. The number of rotatable bonds is 7. The van der Waals surface area contributed by atoms with Crippen molar-refractivity contribution in [2.24, 2.45) is 0 Å². The molecular formula is C22H26N2O4S. The van der Waals surface area contributed by atoms with Crippen LogP contribution in [0.4, 0.5) is 5.69 Å². The molecule has 1 saturated heterocycles. The second-order valence-corrected chi connectivity index (χ2v) is 9.30. The van der Waals surface area contributed by atoms with Gasteiger partial charge >= 0.3 is 5.97 Å². The lowest BCUT2D eigenvalue weighted by molar-refractivity contribution is -0.136. The molecule has 0 aliphatic carbocycles. The van der Waals surface area contributed by atoms with E-state index in [1.165, 1.54) is 12.1 Å². The predicted molar refractivity (Wildman–Crippen MR) is 114 cm³/mol. The van der Waals surface area contributed by atoms with E-state index in [-0.39, 0.29) is 11.3 Å². The Morgan fingerprint density at radius 1 is 1.14 bits per heavy atom. The quantitative estimate of drug-likeness (QED) is 0.702. The second kappa shape index (κ2) is 8.80. The van der Waals surface area contributed by atoms with Crippen molar-refractivity contribution in [3.63, 3.8) is 0 Å². The number of aliphatic carboxylic acids is 1. The van der Waals surface area contributed by atoms with Gasteiger partial charge in [-0.1, -0.05) is 30.3 Å². The first kappa shape index (κ1) is 21.1. The Morgan fingerprint density at radius 3 is 2.38 bits per heavy atom. The van der Waals surface area contributed by atoms with Gasteiger partial charge < -0.3 is 10.0 Å². The van der Waals surface area contributed by atoms with Crippen LogP contribution in [0.15, 0.2) is 66.1 Å². The van der Waals surface area contributed by atoms with Crippen LogP contribution in [0.3, 0.4) is 0 Å². The van der Waals surface area contributed by atoms with Gasteiger partial charge in [-0.25, -0.2) is 8.42 Å². The van der Waals surface area contributed by atoms with E-state index in [0.29, 0.717) is 18.7 Å². The molecule has 0 radical (unpaired) electrons. The molecule has 3 rings (SSSR count). The van der Waals surface area contributed by atoms with Crippen LogP contribution in [0.1, 0.15) is 11.1 Å². The summed E-state index contributed by atoms with van der Waals surface area (Å²) in [6, 6.07) is 14.8.